The van der Waals surface area contributed by atoms with E-state index in [1.54, 1.807) is 18.2 Å². The molecule has 0 heterocycles. The molecule has 0 aliphatic heterocycles. The number of hydrogen-bond acceptors (Lipinski definition) is 3. The van der Waals surface area contributed by atoms with Crippen molar-refractivity contribution in [1.29, 1.82) is 0 Å². The molecule has 0 spiro atoms. The van der Waals surface area contributed by atoms with Crippen molar-refractivity contribution in [2.24, 2.45) is 0 Å². The number of rotatable bonds is 6. The van der Waals surface area contributed by atoms with Crippen molar-refractivity contribution in [2.45, 2.75) is 0 Å². The van der Waals surface area contributed by atoms with Crippen molar-refractivity contribution < 1.29 is 13.2 Å². The minimum atomic E-state index is -3.45. The molecule has 0 atom stereocenters. The Morgan fingerprint density at radius 1 is 1.26 bits per heavy atom. The van der Waals surface area contributed by atoms with Crippen molar-refractivity contribution in [3.8, 4) is 0 Å². The molecule has 0 saturated carbocycles. The number of hydrogen-bond donors (Lipinski definition) is 2. The molecule has 106 valence electrons. The average molecular weight is 350 g/mol. The average Bonchev–Trinajstić information content (AvgIpc) is 2.34. The summed E-state index contributed by atoms with van der Waals surface area (Å²) >= 11 is 3.28. The van der Waals surface area contributed by atoms with Gasteiger partial charge in [-0.1, -0.05) is 12.1 Å². The van der Waals surface area contributed by atoms with Crippen LogP contribution in [0.2, 0.25) is 0 Å². The minimum Gasteiger partial charge on any atom is -0.351 e. The SMILES string of the molecule is CN(C)S(=O)(=O)NCCNC(=O)c1ccccc1Br. The second kappa shape index (κ2) is 6.99. The molecular weight excluding hydrogens is 334 g/mol. The Kier molecular flexibility index (Phi) is 5.92. The van der Waals surface area contributed by atoms with Crippen LogP contribution in [-0.4, -0.2) is 45.8 Å². The van der Waals surface area contributed by atoms with Crippen molar-refractivity contribution in [3.05, 3.63) is 34.3 Å². The van der Waals surface area contributed by atoms with Gasteiger partial charge in [-0.15, -0.1) is 0 Å². The molecule has 1 amide bonds. The topological polar surface area (TPSA) is 78.5 Å². The third-order valence-corrected chi connectivity index (χ3v) is 4.52. The lowest BCUT2D eigenvalue weighted by molar-refractivity contribution is 0.0953. The highest BCUT2D eigenvalue weighted by molar-refractivity contribution is 9.10. The molecule has 1 rings (SSSR count). The van der Waals surface area contributed by atoms with Gasteiger partial charge in [-0.3, -0.25) is 4.79 Å². The summed E-state index contributed by atoms with van der Waals surface area (Å²) in [6.45, 7) is 0.351. The van der Waals surface area contributed by atoms with Gasteiger partial charge in [0.05, 0.1) is 5.56 Å². The third-order valence-electron chi connectivity index (χ3n) is 2.29. The Bertz CT molecular complexity index is 546. The Labute approximate surface area is 121 Å². The standard InChI is InChI=1S/C11H16BrN3O3S/c1-15(2)19(17,18)14-8-7-13-11(16)9-5-3-4-6-10(9)12/h3-6,14H,7-8H2,1-2H3,(H,13,16). The molecule has 1 aromatic rings. The molecule has 0 aromatic heterocycles. The maximum atomic E-state index is 11.8. The van der Waals surface area contributed by atoms with E-state index < -0.39 is 10.2 Å². The second-order valence-corrected chi connectivity index (χ2v) is 6.74. The number of carbonyl (C=O) groups excluding carboxylic acids is 1. The summed E-state index contributed by atoms with van der Waals surface area (Å²) in [5.74, 6) is -0.253. The fraction of sp³-hybridized carbons (Fsp3) is 0.364. The maximum absolute atomic E-state index is 11.8. The zero-order valence-electron chi connectivity index (χ0n) is 10.7. The van der Waals surface area contributed by atoms with Crippen LogP contribution in [0.15, 0.2) is 28.7 Å². The van der Waals surface area contributed by atoms with Crippen LogP contribution in [0, 0.1) is 0 Å². The number of carbonyl (C=O) groups is 1. The predicted molar refractivity (Wildman–Crippen MR) is 77.1 cm³/mol. The van der Waals surface area contributed by atoms with Gasteiger partial charge in [0.1, 0.15) is 0 Å². The van der Waals surface area contributed by atoms with Gasteiger partial charge in [0.25, 0.3) is 16.1 Å². The highest BCUT2D eigenvalue weighted by Gasteiger charge is 2.12. The van der Waals surface area contributed by atoms with E-state index in [-0.39, 0.29) is 19.0 Å². The van der Waals surface area contributed by atoms with E-state index >= 15 is 0 Å². The molecule has 6 nitrogen and oxygen atoms in total. The largest absolute Gasteiger partial charge is 0.351 e. The Morgan fingerprint density at radius 2 is 1.89 bits per heavy atom. The molecule has 0 fully saturated rings. The van der Waals surface area contributed by atoms with Gasteiger partial charge >= 0.3 is 0 Å². The van der Waals surface area contributed by atoms with Gasteiger partial charge in [0.15, 0.2) is 0 Å². The van der Waals surface area contributed by atoms with Gasteiger partial charge in [0.2, 0.25) is 0 Å². The van der Waals surface area contributed by atoms with Gasteiger partial charge in [-0.2, -0.15) is 12.7 Å². The summed E-state index contributed by atoms with van der Waals surface area (Å²) in [5.41, 5.74) is 0.512. The Hall–Kier alpha value is -0.960. The van der Waals surface area contributed by atoms with Crippen molar-refractivity contribution >= 4 is 32.0 Å². The summed E-state index contributed by atoms with van der Waals surface area (Å²) in [7, 11) is -0.581. The first kappa shape index (κ1) is 16.1. The first-order valence-electron chi connectivity index (χ1n) is 5.54. The van der Waals surface area contributed by atoms with Crippen LogP contribution < -0.4 is 10.0 Å². The molecule has 0 radical (unpaired) electrons. The van der Waals surface area contributed by atoms with Crippen LogP contribution in [0.1, 0.15) is 10.4 Å². The molecule has 0 bridgehead atoms. The minimum absolute atomic E-state index is 0.136. The molecule has 8 heteroatoms. The molecule has 0 unspecified atom stereocenters. The van der Waals surface area contributed by atoms with Crippen LogP contribution >= 0.6 is 15.9 Å². The van der Waals surface area contributed by atoms with Crippen LogP contribution in [0.3, 0.4) is 0 Å². The fourth-order valence-corrected chi connectivity index (χ4v) is 2.31. The van der Waals surface area contributed by atoms with Crippen molar-refractivity contribution in [1.82, 2.24) is 14.3 Å². The number of benzene rings is 1. The van der Waals surface area contributed by atoms with E-state index in [1.807, 2.05) is 6.07 Å². The molecular formula is C11H16BrN3O3S. The van der Waals surface area contributed by atoms with Crippen LogP contribution in [0.4, 0.5) is 0 Å². The summed E-state index contributed by atoms with van der Waals surface area (Å²) < 4.78 is 26.9. The first-order valence-corrected chi connectivity index (χ1v) is 7.78. The van der Waals surface area contributed by atoms with E-state index in [9.17, 15) is 13.2 Å². The molecule has 1 aromatic carbocycles. The van der Waals surface area contributed by atoms with E-state index in [0.717, 1.165) is 4.31 Å². The number of nitrogens with zero attached hydrogens (tertiary/aromatic N) is 1. The second-order valence-electron chi connectivity index (χ2n) is 3.92. The summed E-state index contributed by atoms with van der Waals surface area (Å²) in [4.78, 5) is 11.8. The highest BCUT2D eigenvalue weighted by atomic mass is 79.9. The lowest BCUT2D eigenvalue weighted by Gasteiger charge is -2.12. The maximum Gasteiger partial charge on any atom is 0.278 e. The highest BCUT2D eigenvalue weighted by Crippen LogP contribution is 2.15. The first-order chi connectivity index (χ1) is 8.84. The third kappa shape index (κ3) is 4.90. The quantitative estimate of drug-likeness (QED) is 0.737. The molecule has 0 saturated heterocycles. The van der Waals surface area contributed by atoms with Crippen LogP contribution in [0.25, 0.3) is 0 Å². The number of amides is 1. The Morgan fingerprint density at radius 3 is 2.47 bits per heavy atom. The monoisotopic (exact) mass is 349 g/mol. The molecule has 19 heavy (non-hydrogen) atoms. The molecule has 0 aliphatic rings. The van der Waals surface area contributed by atoms with Crippen molar-refractivity contribution in [3.63, 3.8) is 0 Å². The predicted octanol–water partition coefficient (Wildman–Crippen LogP) is 0.575. The zero-order valence-corrected chi connectivity index (χ0v) is 13.1. The summed E-state index contributed by atoms with van der Waals surface area (Å²) in [5, 5.41) is 2.64. The zero-order chi connectivity index (χ0) is 14.5. The van der Waals surface area contributed by atoms with Gasteiger partial charge < -0.3 is 5.32 Å². The van der Waals surface area contributed by atoms with Gasteiger partial charge in [-0.05, 0) is 28.1 Å². The molecule has 0 aliphatic carbocycles. The van der Waals surface area contributed by atoms with Crippen LogP contribution in [0.5, 0.6) is 0 Å². The van der Waals surface area contributed by atoms with E-state index in [4.69, 9.17) is 0 Å². The van der Waals surface area contributed by atoms with E-state index in [2.05, 4.69) is 26.0 Å². The number of nitrogens with one attached hydrogen (secondary N) is 2. The smallest absolute Gasteiger partial charge is 0.278 e. The lowest BCUT2D eigenvalue weighted by atomic mass is 10.2. The van der Waals surface area contributed by atoms with Gasteiger partial charge in [0, 0.05) is 31.7 Å². The van der Waals surface area contributed by atoms with Crippen molar-refractivity contribution in [2.75, 3.05) is 27.2 Å². The van der Waals surface area contributed by atoms with Gasteiger partial charge in [-0.25, -0.2) is 4.72 Å². The van der Waals surface area contributed by atoms with E-state index in [0.29, 0.717) is 10.0 Å². The fourth-order valence-electron chi connectivity index (χ4n) is 1.23. The Balaban J connectivity index is 2.43. The summed E-state index contributed by atoms with van der Waals surface area (Å²) in [6, 6.07) is 7.02. The van der Waals surface area contributed by atoms with Crippen LogP contribution in [-0.2, 0) is 10.2 Å². The normalized spacial score (nSPS) is 11.6. The van der Waals surface area contributed by atoms with E-state index in [1.165, 1.54) is 14.1 Å². The number of halogens is 1. The molecule has 2 N–H and O–H groups in total. The summed E-state index contributed by atoms with van der Waals surface area (Å²) in [6.07, 6.45) is 0. The lowest BCUT2D eigenvalue weighted by Crippen LogP contribution is -2.40.